The van der Waals surface area contributed by atoms with Crippen molar-refractivity contribution in [3.05, 3.63) is 69.8 Å². The van der Waals surface area contributed by atoms with Crippen LogP contribution >= 0.6 is 0 Å². The van der Waals surface area contributed by atoms with Gasteiger partial charge in [0.2, 0.25) is 0 Å². The van der Waals surface area contributed by atoms with Crippen molar-refractivity contribution >= 4 is 23.8 Å². The molecule has 1 aromatic carbocycles. The van der Waals surface area contributed by atoms with E-state index < -0.39 is 0 Å². The molecule has 0 fully saturated rings. The maximum atomic E-state index is 10.3. The second-order valence-corrected chi connectivity index (χ2v) is 7.07. The summed E-state index contributed by atoms with van der Waals surface area (Å²) in [5.41, 5.74) is 4.76. The molecule has 0 aliphatic heterocycles. The van der Waals surface area contributed by atoms with Gasteiger partial charge in [-0.3, -0.25) is 20.0 Å². The molecule has 0 bridgehead atoms. The third-order valence-corrected chi connectivity index (χ3v) is 4.92. The Morgan fingerprint density at radius 1 is 0.806 bits per heavy atom. The molecule has 0 unspecified atom stereocenters. The number of rotatable bonds is 6. The summed E-state index contributed by atoms with van der Waals surface area (Å²) >= 11 is 0. The number of aromatic nitrogens is 2. The van der Waals surface area contributed by atoms with Crippen LogP contribution < -0.4 is 0 Å². The van der Waals surface area contributed by atoms with Gasteiger partial charge in [0.1, 0.15) is 11.5 Å². The molecule has 160 valence electrons. The Morgan fingerprint density at radius 3 is 1.84 bits per heavy atom. The van der Waals surface area contributed by atoms with Gasteiger partial charge in [0, 0.05) is 47.1 Å². The zero-order valence-corrected chi connectivity index (χ0v) is 17.5. The van der Waals surface area contributed by atoms with Crippen LogP contribution in [-0.4, -0.2) is 42.8 Å². The van der Waals surface area contributed by atoms with E-state index in [1.807, 2.05) is 19.1 Å². The monoisotopic (exact) mass is 420 g/mol. The van der Waals surface area contributed by atoms with E-state index in [1.165, 1.54) is 24.8 Å². The van der Waals surface area contributed by atoms with Crippen molar-refractivity contribution < 1.29 is 20.4 Å². The summed E-state index contributed by atoms with van der Waals surface area (Å²) in [4.78, 5) is 17.0. The summed E-state index contributed by atoms with van der Waals surface area (Å²) in [6, 6.07) is 5.42. The van der Waals surface area contributed by atoms with Crippen LogP contribution in [0.1, 0.15) is 39.2 Å². The van der Waals surface area contributed by atoms with Gasteiger partial charge in [-0.15, -0.1) is 0 Å². The lowest BCUT2D eigenvalue weighted by Crippen LogP contribution is -1.98. The first-order valence-electron chi connectivity index (χ1n) is 9.61. The Hall–Kier alpha value is -3.62. The molecule has 0 spiro atoms. The van der Waals surface area contributed by atoms with E-state index in [1.54, 1.807) is 19.9 Å². The quantitative estimate of drug-likeness (QED) is 0.453. The Balaban J connectivity index is 1.96. The van der Waals surface area contributed by atoms with Crippen molar-refractivity contribution in [2.24, 2.45) is 9.98 Å². The minimum Gasteiger partial charge on any atom is -0.505 e. The van der Waals surface area contributed by atoms with Crippen LogP contribution in [0.15, 0.2) is 40.6 Å². The average Bonchev–Trinajstić information content (AvgIpc) is 2.77. The highest BCUT2D eigenvalue weighted by molar-refractivity contribution is 5.89. The Kier molecular flexibility index (Phi) is 6.74. The molecule has 0 atom stereocenters. The van der Waals surface area contributed by atoms with Crippen LogP contribution in [0, 0.1) is 20.8 Å². The summed E-state index contributed by atoms with van der Waals surface area (Å²) in [7, 11) is 0. The molecule has 8 nitrogen and oxygen atoms in total. The van der Waals surface area contributed by atoms with Crippen LogP contribution in [0.4, 0.5) is 11.4 Å². The standard InChI is InChI=1S/C23H24N4O4/c1-13-4-5-18(26-9-19-16(11-28)7-24-14(2)22(19)30)6-21(13)27-10-20-17(12-29)8-25-15(3)23(20)31/h4-10,28-31H,11-12H2,1-3H3. The number of benzene rings is 1. The summed E-state index contributed by atoms with van der Waals surface area (Å²) in [6.07, 6.45) is 5.98. The second kappa shape index (κ2) is 9.46. The van der Waals surface area contributed by atoms with Gasteiger partial charge in [0.15, 0.2) is 0 Å². The molecule has 8 heteroatoms. The SMILES string of the molecule is Cc1ccc(N=Cc2c(CO)cnc(C)c2O)cc1N=Cc1c(CO)cnc(C)c1O. The lowest BCUT2D eigenvalue weighted by atomic mass is 10.1. The third kappa shape index (κ3) is 4.76. The fourth-order valence-electron chi connectivity index (χ4n) is 2.94. The first-order valence-corrected chi connectivity index (χ1v) is 9.61. The van der Waals surface area contributed by atoms with Gasteiger partial charge in [-0.25, -0.2) is 0 Å². The van der Waals surface area contributed by atoms with Gasteiger partial charge in [-0.1, -0.05) is 6.07 Å². The Labute approximate surface area is 180 Å². The van der Waals surface area contributed by atoms with Crippen molar-refractivity contribution in [3.63, 3.8) is 0 Å². The molecule has 31 heavy (non-hydrogen) atoms. The zero-order valence-electron chi connectivity index (χ0n) is 17.5. The van der Waals surface area contributed by atoms with E-state index in [-0.39, 0.29) is 24.7 Å². The highest BCUT2D eigenvalue weighted by Crippen LogP contribution is 2.28. The number of aromatic hydroxyl groups is 2. The van der Waals surface area contributed by atoms with E-state index in [4.69, 9.17) is 0 Å². The third-order valence-electron chi connectivity index (χ3n) is 4.92. The number of hydrogen-bond acceptors (Lipinski definition) is 8. The lowest BCUT2D eigenvalue weighted by Gasteiger charge is -2.08. The number of hydrogen-bond donors (Lipinski definition) is 4. The van der Waals surface area contributed by atoms with Gasteiger partial charge >= 0.3 is 0 Å². The van der Waals surface area contributed by atoms with Crippen molar-refractivity contribution in [3.8, 4) is 11.5 Å². The van der Waals surface area contributed by atoms with Crippen molar-refractivity contribution in [2.45, 2.75) is 34.0 Å². The predicted octanol–water partition coefficient (Wildman–Crippen LogP) is 3.30. The molecule has 4 N–H and O–H groups in total. The molecule has 0 radical (unpaired) electrons. The fourth-order valence-corrected chi connectivity index (χ4v) is 2.94. The highest BCUT2D eigenvalue weighted by atomic mass is 16.3. The molecule has 3 aromatic rings. The van der Waals surface area contributed by atoms with Gasteiger partial charge in [0.05, 0.1) is 36.0 Å². The first-order chi connectivity index (χ1) is 14.8. The molecule has 2 heterocycles. The summed E-state index contributed by atoms with van der Waals surface area (Å²) in [6.45, 7) is 4.70. The molecule has 0 saturated carbocycles. The second-order valence-electron chi connectivity index (χ2n) is 7.07. The van der Waals surface area contributed by atoms with E-state index in [0.717, 1.165) is 5.56 Å². The topological polar surface area (TPSA) is 131 Å². The maximum absolute atomic E-state index is 10.3. The van der Waals surface area contributed by atoms with Crippen LogP contribution in [0.25, 0.3) is 0 Å². The van der Waals surface area contributed by atoms with Gasteiger partial charge in [-0.05, 0) is 38.5 Å². The number of aliphatic imine (C=N–C) groups is 2. The molecular weight excluding hydrogens is 396 g/mol. The number of pyridine rings is 2. The molecule has 0 aliphatic rings. The van der Waals surface area contributed by atoms with E-state index >= 15 is 0 Å². The molecule has 0 amide bonds. The minimum absolute atomic E-state index is 0.0257. The van der Waals surface area contributed by atoms with Gasteiger partial charge in [0.25, 0.3) is 0 Å². The molecular formula is C23H24N4O4. The maximum Gasteiger partial charge on any atom is 0.145 e. The van der Waals surface area contributed by atoms with Crippen LogP contribution in [0.2, 0.25) is 0 Å². The fraction of sp³-hybridized carbons (Fsp3) is 0.217. The number of nitrogens with zero attached hydrogens (tertiary/aromatic N) is 4. The van der Waals surface area contributed by atoms with Crippen molar-refractivity contribution in [1.29, 1.82) is 0 Å². The van der Waals surface area contributed by atoms with Crippen molar-refractivity contribution in [1.82, 2.24) is 9.97 Å². The summed E-state index contributed by atoms with van der Waals surface area (Å²) in [5, 5.41) is 39.6. The predicted molar refractivity (Wildman–Crippen MR) is 119 cm³/mol. The molecule has 3 rings (SSSR count). The number of aliphatic hydroxyl groups is 2. The smallest absolute Gasteiger partial charge is 0.145 e. The van der Waals surface area contributed by atoms with Gasteiger partial charge in [-0.2, -0.15) is 0 Å². The van der Waals surface area contributed by atoms with Crippen LogP contribution in [-0.2, 0) is 13.2 Å². The molecule has 0 aliphatic carbocycles. The van der Waals surface area contributed by atoms with E-state index in [0.29, 0.717) is 45.0 Å². The summed E-state index contributed by atoms with van der Waals surface area (Å²) < 4.78 is 0. The first kappa shape index (κ1) is 22.1. The normalized spacial score (nSPS) is 11.6. The molecule has 0 saturated heterocycles. The summed E-state index contributed by atoms with van der Waals surface area (Å²) in [5.74, 6) is -0.0529. The Morgan fingerprint density at radius 2 is 1.32 bits per heavy atom. The van der Waals surface area contributed by atoms with Crippen LogP contribution in [0.3, 0.4) is 0 Å². The van der Waals surface area contributed by atoms with Crippen molar-refractivity contribution in [2.75, 3.05) is 0 Å². The molecule has 2 aromatic heterocycles. The minimum atomic E-state index is -0.270. The average molecular weight is 420 g/mol. The van der Waals surface area contributed by atoms with Crippen LogP contribution in [0.5, 0.6) is 11.5 Å². The van der Waals surface area contributed by atoms with E-state index in [2.05, 4.69) is 20.0 Å². The van der Waals surface area contributed by atoms with Gasteiger partial charge < -0.3 is 20.4 Å². The lowest BCUT2D eigenvalue weighted by molar-refractivity contribution is 0.280. The number of aliphatic hydroxyl groups excluding tert-OH is 2. The Bertz CT molecular complexity index is 1170. The van der Waals surface area contributed by atoms with E-state index in [9.17, 15) is 20.4 Å². The highest BCUT2D eigenvalue weighted by Gasteiger charge is 2.11. The number of aryl methyl sites for hydroxylation is 3. The largest absolute Gasteiger partial charge is 0.505 e. The zero-order chi connectivity index (χ0) is 22.5.